The normalized spacial score (nSPS) is 11.2. The lowest BCUT2D eigenvalue weighted by Crippen LogP contribution is -2.34. The molecule has 2 aromatic heterocycles. The Balaban J connectivity index is 1.43. The number of hydrogen-bond acceptors (Lipinski definition) is 4. The third-order valence-electron chi connectivity index (χ3n) is 5.76. The molecule has 33 heavy (non-hydrogen) atoms. The molecule has 1 amide bonds. The zero-order chi connectivity index (χ0) is 22.6. The highest BCUT2D eigenvalue weighted by molar-refractivity contribution is 5.96. The highest BCUT2D eigenvalue weighted by atomic mass is 16.3. The summed E-state index contributed by atoms with van der Waals surface area (Å²) in [6.07, 6.45) is 2.86. The topological polar surface area (TPSA) is 63.7 Å². The van der Waals surface area contributed by atoms with Crippen LogP contribution in [0, 0.1) is 0 Å². The Kier molecular flexibility index (Phi) is 5.77. The van der Waals surface area contributed by atoms with Crippen molar-refractivity contribution < 1.29 is 13.6 Å². The van der Waals surface area contributed by atoms with Crippen LogP contribution in [-0.2, 0) is 13.0 Å². The van der Waals surface area contributed by atoms with Crippen LogP contribution in [0.1, 0.15) is 28.1 Å². The van der Waals surface area contributed by atoms with Gasteiger partial charge in [0.25, 0.3) is 5.91 Å². The summed E-state index contributed by atoms with van der Waals surface area (Å²) in [7, 11) is 0. The summed E-state index contributed by atoms with van der Waals surface area (Å²) in [6, 6.07) is 26.8. The fourth-order valence-corrected chi connectivity index (χ4v) is 4.07. The number of benzene rings is 3. The third kappa shape index (κ3) is 4.44. The summed E-state index contributed by atoms with van der Waals surface area (Å²) in [5, 5.41) is 1.38. The van der Waals surface area contributed by atoms with E-state index < -0.39 is 0 Å². The van der Waals surface area contributed by atoms with Crippen molar-refractivity contribution in [2.75, 3.05) is 6.54 Å². The van der Waals surface area contributed by atoms with E-state index in [-0.39, 0.29) is 23.4 Å². The largest absolute Gasteiger partial charge is 0.463 e. The Morgan fingerprint density at radius 3 is 2.39 bits per heavy atom. The molecule has 0 bridgehead atoms. The summed E-state index contributed by atoms with van der Waals surface area (Å²) < 4.78 is 11.6. The number of fused-ring (bicyclic) bond motifs is 2. The molecule has 0 aliphatic heterocycles. The van der Waals surface area contributed by atoms with Crippen LogP contribution in [0.4, 0.5) is 0 Å². The predicted octanol–water partition coefficient (Wildman–Crippen LogP) is 5.81. The van der Waals surface area contributed by atoms with E-state index in [0.29, 0.717) is 23.3 Å². The molecule has 2 heterocycles. The number of furan rings is 1. The number of amides is 1. The summed E-state index contributed by atoms with van der Waals surface area (Å²) >= 11 is 0. The third-order valence-corrected chi connectivity index (χ3v) is 5.76. The van der Waals surface area contributed by atoms with Gasteiger partial charge in [0.05, 0.1) is 11.9 Å². The Morgan fingerprint density at radius 2 is 1.58 bits per heavy atom. The van der Waals surface area contributed by atoms with Gasteiger partial charge in [0, 0.05) is 11.9 Å². The van der Waals surface area contributed by atoms with Crippen LogP contribution < -0.4 is 5.43 Å². The average molecular weight is 437 g/mol. The standard InChI is InChI=1S/C28H23NO4/c30-27-23-13-5-7-15-26(23)32-19-24(27)28(31)29(16-8-11-20-9-2-1-3-10-20)18-22-17-21-12-4-6-14-25(21)33-22/h1-7,9-10,12-15,17,19H,8,11,16,18H2. The van der Waals surface area contributed by atoms with E-state index in [2.05, 4.69) is 12.1 Å². The van der Waals surface area contributed by atoms with Crippen LogP contribution >= 0.6 is 0 Å². The molecule has 0 aliphatic carbocycles. The van der Waals surface area contributed by atoms with Crippen molar-refractivity contribution in [2.24, 2.45) is 0 Å². The van der Waals surface area contributed by atoms with Gasteiger partial charge < -0.3 is 13.7 Å². The number of nitrogens with zero attached hydrogens (tertiary/aromatic N) is 1. The molecule has 5 heteroatoms. The molecule has 0 fully saturated rings. The monoisotopic (exact) mass is 437 g/mol. The maximum atomic E-state index is 13.5. The Bertz CT molecular complexity index is 1430. The van der Waals surface area contributed by atoms with E-state index in [0.717, 1.165) is 23.8 Å². The van der Waals surface area contributed by atoms with E-state index in [1.807, 2.05) is 48.5 Å². The highest BCUT2D eigenvalue weighted by Gasteiger charge is 2.22. The van der Waals surface area contributed by atoms with Crippen LogP contribution in [0.15, 0.2) is 105 Å². The van der Waals surface area contributed by atoms with Crippen LogP contribution in [0.3, 0.4) is 0 Å². The number of carbonyl (C=O) groups excluding carboxylic acids is 1. The minimum Gasteiger partial charge on any atom is -0.463 e. The van der Waals surface area contributed by atoms with E-state index in [1.54, 1.807) is 29.2 Å². The van der Waals surface area contributed by atoms with E-state index in [1.165, 1.54) is 11.8 Å². The van der Waals surface area contributed by atoms with E-state index in [4.69, 9.17) is 8.83 Å². The summed E-state index contributed by atoms with van der Waals surface area (Å²) in [5.41, 5.74) is 2.16. The Labute approximate surface area is 190 Å². The number of carbonyl (C=O) groups is 1. The Morgan fingerprint density at radius 1 is 0.848 bits per heavy atom. The molecule has 0 radical (unpaired) electrons. The quantitative estimate of drug-likeness (QED) is 0.322. The second-order valence-electron chi connectivity index (χ2n) is 8.04. The van der Waals surface area contributed by atoms with Gasteiger partial charge in [-0.1, -0.05) is 60.7 Å². The molecule has 0 saturated heterocycles. The van der Waals surface area contributed by atoms with Gasteiger partial charge in [0.1, 0.15) is 28.8 Å². The first-order chi connectivity index (χ1) is 16.2. The molecule has 0 saturated carbocycles. The first-order valence-electron chi connectivity index (χ1n) is 11.0. The van der Waals surface area contributed by atoms with Gasteiger partial charge >= 0.3 is 0 Å². The lowest BCUT2D eigenvalue weighted by molar-refractivity contribution is 0.0727. The molecule has 0 unspecified atom stereocenters. The fraction of sp³-hybridized carbons (Fsp3) is 0.143. The van der Waals surface area contributed by atoms with Crippen molar-refractivity contribution in [3.63, 3.8) is 0 Å². The number of para-hydroxylation sites is 2. The van der Waals surface area contributed by atoms with Crippen LogP contribution in [0.5, 0.6) is 0 Å². The maximum absolute atomic E-state index is 13.5. The molecule has 0 atom stereocenters. The smallest absolute Gasteiger partial charge is 0.261 e. The van der Waals surface area contributed by atoms with Gasteiger partial charge in [-0.15, -0.1) is 0 Å². The van der Waals surface area contributed by atoms with E-state index in [9.17, 15) is 9.59 Å². The first-order valence-corrected chi connectivity index (χ1v) is 11.0. The van der Waals surface area contributed by atoms with Gasteiger partial charge in [0.15, 0.2) is 0 Å². The lowest BCUT2D eigenvalue weighted by Gasteiger charge is -2.21. The van der Waals surface area contributed by atoms with Crippen LogP contribution in [0.2, 0.25) is 0 Å². The minimum absolute atomic E-state index is 0.0320. The summed E-state index contributed by atoms with van der Waals surface area (Å²) in [4.78, 5) is 28.2. The van der Waals surface area contributed by atoms with Crippen molar-refractivity contribution in [2.45, 2.75) is 19.4 Å². The molecular formula is C28H23NO4. The van der Waals surface area contributed by atoms with Crippen molar-refractivity contribution in [1.29, 1.82) is 0 Å². The second-order valence-corrected chi connectivity index (χ2v) is 8.04. The van der Waals surface area contributed by atoms with Gasteiger partial charge in [-0.3, -0.25) is 9.59 Å². The van der Waals surface area contributed by atoms with Crippen LogP contribution in [-0.4, -0.2) is 17.4 Å². The summed E-state index contributed by atoms with van der Waals surface area (Å²) in [5.74, 6) is 0.317. The molecule has 5 aromatic rings. The molecule has 5 rings (SSSR count). The first kappa shape index (κ1) is 20.8. The zero-order valence-electron chi connectivity index (χ0n) is 18.1. The predicted molar refractivity (Wildman–Crippen MR) is 128 cm³/mol. The van der Waals surface area contributed by atoms with Crippen molar-refractivity contribution >= 4 is 27.8 Å². The average Bonchev–Trinajstić information content (AvgIpc) is 3.27. The molecule has 5 nitrogen and oxygen atoms in total. The van der Waals surface area contributed by atoms with Gasteiger partial charge in [-0.2, -0.15) is 0 Å². The molecule has 164 valence electrons. The highest BCUT2D eigenvalue weighted by Crippen LogP contribution is 2.21. The van der Waals surface area contributed by atoms with Crippen molar-refractivity contribution in [3.8, 4) is 0 Å². The molecular weight excluding hydrogens is 414 g/mol. The minimum atomic E-state index is -0.358. The molecule has 0 aliphatic rings. The lowest BCUT2D eigenvalue weighted by atomic mass is 10.1. The number of aryl methyl sites for hydroxylation is 1. The van der Waals surface area contributed by atoms with Gasteiger partial charge in [-0.25, -0.2) is 0 Å². The zero-order valence-corrected chi connectivity index (χ0v) is 18.1. The van der Waals surface area contributed by atoms with Crippen molar-refractivity contribution in [3.05, 3.63) is 118 Å². The number of hydrogen-bond donors (Lipinski definition) is 0. The number of rotatable bonds is 7. The van der Waals surface area contributed by atoms with Crippen molar-refractivity contribution in [1.82, 2.24) is 4.90 Å². The van der Waals surface area contributed by atoms with Gasteiger partial charge in [-0.05, 0) is 42.7 Å². The van der Waals surface area contributed by atoms with E-state index >= 15 is 0 Å². The van der Waals surface area contributed by atoms with Crippen LogP contribution in [0.25, 0.3) is 21.9 Å². The fourth-order valence-electron chi connectivity index (χ4n) is 4.07. The molecule has 0 spiro atoms. The second kappa shape index (κ2) is 9.17. The molecule has 3 aromatic carbocycles. The molecule has 0 N–H and O–H groups in total. The SMILES string of the molecule is O=C(c1coc2ccccc2c1=O)N(CCCc1ccccc1)Cc1cc2ccccc2o1. The summed E-state index contributed by atoms with van der Waals surface area (Å²) in [6.45, 7) is 0.756. The Hall–Kier alpha value is -4.12. The van der Waals surface area contributed by atoms with Gasteiger partial charge in [0.2, 0.25) is 5.43 Å². The maximum Gasteiger partial charge on any atom is 0.261 e.